The maximum atomic E-state index is 13.1. The van der Waals surface area contributed by atoms with E-state index in [1.165, 1.54) is 12.1 Å². The van der Waals surface area contributed by atoms with Crippen LogP contribution in [-0.4, -0.2) is 48.4 Å². The molecule has 2 rings (SSSR count). The minimum atomic E-state index is -1.64. The molecule has 0 aromatic heterocycles. The summed E-state index contributed by atoms with van der Waals surface area (Å²) in [6.45, 7) is 2.29. The van der Waals surface area contributed by atoms with Crippen LogP contribution >= 0.6 is 0 Å². The van der Waals surface area contributed by atoms with Gasteiger partial charge in [-0.1, -0.05) is 6.07 Å². The third kappa shape index (κ3) is 3.08. The predicted molar refractivity (Wildman–Crippen MR) is 66.9 cm³/mol. The number of rotatable bonds is 4. The third-order valence-electron chi connectivity index (χ3n) is 3.34. The molecular weight excluding hydrogens is 236 g/mol. The summed E-state index contributed by atoms with van der Waals surface area (Å²) in [6.07, 6.45) is 1.20. The molecule has 0 saturated carbocycles. The molecule has 0 bridgehead atoms. The number of methoxy groups -OCH3 is 1. The number of halogens is 1. The van der Waals surface area contributed by atoms with Crippen LogP contribution in [0, 0.1) is 5.82 Å². The fraction of sp³-hybridized carbons (Fsp3) is 0.500. The monoisotopic (exact) mass is 253 g/mol. The molecule has 1 saturated heterocycles. The van der Waals surface area contributed by atoms with Crippen LogP contribution < -0.4 is 5.46 Å². The molecule has 0 aliphatic carbocycles. The van der Waals surface area contributed by atoms with Gasteiger partial charge in [-0.05, 0) is 29.6 Å². The first-order valence-corrected chi connectivity index (χ1v) is 5.99. The van der Waals surface area contributed by atoms with Crippen LogP contribution in [0.25, 0.3) is 0 Å². The van der Waals surface area contributed by atoms with Crippen molar-refractivity contribution in [1.29, 1.82) is 0 Å². The summed E-state index contributed by atoms with van der Waals surface area (Å²) in [5.41, 5.74) is 0.971. The Hall–Kier alpha value is -0.945. The van der Waals surface area contributed by atoms with E-state index in [0.717, 1.165) is 25.1 Å². The van der Waals surface area contributed by atoms with E-state index in [0.29, 0.717) is 6.54 Å². The Balaban J connectivity index is 2.09. The fourth-order valence-corrected chi connectivity index (χ4v) is 2.32. The molecule has 18 heavy (non-hydrogen) atoms. The van der Waals surface area contributed by atoms with Crippen LogP contribution in [0.2, 0.25) is 0 Å². The zero-order valence-electron chi connectivity index (χ0n) is 10.3. The smallest absolute Gasteiger partial charge is 0.423 e. The molecule has 1 aliphatic rings. The van der Waals surface area contributed by atoms with Crippen LogP contribution in [0.15, 0.2) is 18.2 Å². The topological polar surface area (TPSA) is 52.9 Å². The van der Waals surface area contributed by atoms with Gasteiger partial charge in [0.05, 0.1) is 6.10 Å². The van der Waals surface area contributed by atoms with Gasteiger partial charge in [-0.25, -0.2) is 4.39 Å². The summed E-state index contributed by atoms with van der Waals surface area (Å²) in [5, 5.41) is 18.5. The van der Waals surface area contributed by atoms with Gasteiger partial charge in [-0.15, -0.1) is 0 Å². The second kappa shape index (κ2) is 5.80. The fourth-order valence-electron chi connectivity index (χ4n) is 2.32. The first-order chi connectivity index (χ1) is 8.60. The van der Waals surface area contributed by atoms with Crippen LogP contribution in [0.1, 0.15) is 12.0 Å². The summed E-state index contributed by atoms with van der Waals surface area (Å²) in [5.74, 6) is -0.460. The minimum absolute atomic E-state index is 0.230. The molecule has 0 spiro atoms. The van der Waals surface area contributed by atoms with Gasteiger partial charge in [0.1, 0.15) is 5.82 Å². The van der Waals surface area contributed by atoms with Crippen LogP contribution in [0.5, 0.6) is 0 Å². The number of nitrogens with zero attached hydrogens (tertiary/aromatic N) is 1. The van der Waals surface area contributed by atoms with E-state index in [1.807, 2.05) is 0 Å². The number of ether oxygens (including phenoxy) is 1. The normalized spacial score (nSPS) is 20.3. The summed E-state index contributed by atoms with van der Waals surface area (Å²) in [7, 11) is 0.0473. The quantitative estimate of drug-likeness (QED) is 0.725. The third-order valence-corrected chi connectivity index (χ3v) is 3.34. The van der Waals surface area contributed by atoms with E-state index in [4.69, 9.17) is 4.74 Å². The van der Waals surface area contributed by atoms with Crippen LogP contribution in [-0.2, 0) is 11.3 Å². The first-order valence-electron chi connectivity index (χ1n) is 5.99. The Morgan fingerprint density at radius 3 is 2.89 bits per heavy atom. The molecule has 1 aromatic carbocycles. The highest BCUT2D eigenvalue weighted by atomic mass is 19.1. The largest absolute Gasteiger partial charge is 0.488 e. The van der Waals surface area contributed by atoms with E-state index in [1.54, 1.807) is 13.2 Å². The van der Waals surface area contributed by atoms with Crippen LogP contribution in [0.4, 0.5) is 4.39 Å². The number of likely N-dealkylation sites (tertiary alicyclic amines) is 1. The molecule has 4 nitrogen and oxygen atoms in total. The molecule has 98 valence electrons. The molecule has 1 fully saturated rings. The number of hydrogen-bond acceptors (Lipinski definition) is 4. The number of benzene rings is 1. The zero-order chi connectivity index (χ0) is 13.1. The van der Waals surface area contributed by atoms with Gasteiger partial charge in [0, 0.05) is 26.7 Å². The Labute approximate surface area is 106 Å². The van der Waals surface area contributed by atoms with E-state index in [9.17, 15) is 14.4 Å². The van der Waals surface area contributed by atoms with Gasteiger partial charge in [0.2, 0.25) is 0 Å². The first kappa shape index (κ1) is 13.5. The highest BCUT2D eigenvalue weighted by Crippen LogP contribution is 2.15. The molecule has 1 atom stereocenters. The van der Waals surface area contributed by atoms with Crippen molar-refractivity contribution >= 4 is 12.6 Å². The highest BCUT2D eigenvalue weighted by Gasteiger charge is 2.24. The molecule has 1 heterocycles. The van der Waals surface area contributed by atoms with Crippen molar-refractivity contribution in [2.75, 3.05) is 20.2 Å². The second-order valence-corrected chi connectivity index (χ2v) is 4.60. The average Bonchev–Trinajstić information content (AvgIpc) is 2.79. The molecule has 0 radical (unpaired) electrons. The van der Waals surface area contributed by atoms with E-state index in [-0.39, 0.29) is 11.6 Å². The maximum Gasteiger partial charge on any atom is 0.488 e. The Bertz CT molecular complexity index is 416. The van der Waals surface area contributed by atoms with Gasteiger partial charge >= 0.3 is 7.12 Å². The highest BCUT2D eigenvalue weighted by molar-refractivity contribution is 6.59. The van der Waals surface area contributed by atoms with Crippen molar-refractivity contribution in [2.45, 2.75) is 19.1 Å². The zero-order valence-corrected chi connectivity index (χ0v) is 10.3. The van der Waals surface area contributed by atoms with Crippen LogP contribution in [0.3, 0.4) is 0 Å². The van der Waals surface area contributed by atoms with Crippen molar-refractivity contribution in [2.24, 2.45) is 0 Å². The van der Waals surface area contributed by atoms with Gasteiger partial charge in [0.15, 0.2) is 0 Å². The van der Waals surface area contributed by atoms with E-state index < -0.39 is 12.9 Å². The summed E-state index contributed by atoms with van der Waals surface area (Å²) in [6, 6.07) is 4.11. The summed E-state index contributed by atoms with van der Waals surface area (Å²) < 4.78 is 18.4. The van der Waals surface area contributed by atoms with Gasteiger partial charge < -0.3 is 14.8 Å². The van der Waals surface area contributed by atoms with Crippen molar-refractivity contribution in [1.82, 2.24) is 4.90 Å². The molecule has 6 heteroatoms. The Morgan fingerprint density at radius 2 is 2.28 bits per heavy atom. The standard InChI is InChI=1S/C12H17BFNO3/c1-18-11-4-5-15(8-11)7-9-2-3-10(14)6-12(9)13(16)17/h2-3,6,11,16-17H,4-5,7-8H2,1H3. The summed E-state index contributed by atoms with van der Waals surface area (Å²) >= 11 is 0. The molecule has 1 aromatic rings. The number of hydrogen-bond donors (Lipinski definition) is 2. The lowest BCUT2D eigenvalue weighted by Crippen LogP contribution is -2.36. The summed E-state index contributed by atoms with van der Waals surface area (Å²) in [4.78, 5) is 2.16. The molecule has 2 N–H and O–H groups in total. The molecule has 1 unspecified atom stereocenters. The lowest BCUT2D eigenvalue weighted by atomic mass is 9.77. The molecule has 1 aliphatic heterocycles. The van der Waals surface area contributed by atoms with Crippen molar-refractivity contribution in [3.05, 3.63) is 29.6 Å². The van der Waals surface area contributed by atoms with E-state index >= 15 is 0 Å². The van der Waals surface area contributed by atoms with Crippen molar-refractivity contribution in [3.63, 3.8) is 0 Å². The average molecular weight is 253 g/mol. The maximum absolute atomic E-state index is 13.1. The van der Waals surface area contributed by atoms with Gasteiger partial charge in [-0.2, -0.15) is 0 Å². The Kier molecular flexibility index (Phi) is 4.34. The van der Waals surface area contributed by atoms with Crippen molar-refractivity contribution < 1.29 is 19.2 Å². The second-order valence-electron chi connectivity index (χ2n) is 4.60. The SMILES string of the molecule is COC1CCN(Cc2ccc(F)cc2B(O)O)C1. The van der Waals surface area contributed by atoms with Crippen molar-refractivity contribution in [3.8, 4) is 0 Å². The minimum Gasteiger partial charge on any atom is -0.423 e. The Morgan fingerprint density at radius 1 is 1.50 bits per heavy atom. The molecule has 0 amide bonds. The lowest BCUT2D eigenvalue weighted by Gasteiger charge is -2.18. The van der Waals surface area contributed by atoms with Gasteiger partial charge in [-0.3, -0.25) is 4.90 Å². The lowest BCUT2D eigenvalue weighted by molar-refractivity contribution is 0.107. The molecular formula is C12H17BFNO3. The predicted octanol–water partition coefficient (Wildman–Crippen LogP) is -0.274. The van der Waals surface area contributed by atoms with E-state index in [2.05, 4.69) is 4.90 Å². The van der Waals surface area contributed by atoms with Gasteiger partial charge in [0.25, 0.3) is 0 Å².